The molecule has 3 heteroatoms. The normalized spacial score (nSPS) is 11.6. The molecule has 0 aliphatic heterocycles. The predicted octanol–water partition coefficient (Wildman–Crippen LogP) is 1.54. The van der Waals surface area contributed by atoms with Crippen LogP contribution in [0.5, 0.6) is 0 Å². The summed E-state index contributed by atoms with van der Waals surface area (Å²) in [6.07, 6.45) is 3.78. The highest BCUT2D eigenvalue weighted by Gasteiger charge is 2.12. The van der Waals surface area contributed by atoms with Crippen LogP contribution in [0.15, 0.2) is 11.6 Å². The van der Waals surface area contributed by atoms with Gasteiger partial charge in [0.25, 0.3) is 0 Å². The van der Waals surface area contributed by atoms with Crippen LogP contribution < -0.4 is 5.73 Å². The number of carbonyl (C=O) groups excluding carboxylic acids is 1. The van der Waals surface area contributed by atoms with Crippen molar-refractivity contribution in [1.82, 2.24) is 4.90 Å². The van der Waals surface area contributed by atoms with Crippen molar-refractivity contribution in [3.8, 4) is 0 Å². The molecule has 1 amide bonds. The Kier molecular flexibility index (Phi) is 7.11. The lowest BCUT2D eigenvalue weighted by Crippen LogP contribution is -2.33. The lowest BCUT2D eigenvalue weighted by molar-refractivity contribution is -0.127. The van der Waals surface area contributed by atoms with Crippen LogP contribution in [0.25, 0.3) is 0 Å². The molecule has 0 aliphatic rings. The summed E-state index contributed by atoms with van der Waals surface area (Å²) in [7, 11) is 0. The summed E-state index contributed by atoms with van der Waals surface area (Å²) >= 11 is 0. The standard InChI is InChI=1S/C11H22N2O/c1-4-8-13(9-5-2)11(14)10(3)6-7-12/h6H,4-5,7-9,12H2,1-3H3. The Morgan fingerprint density at radius 1 is 1.29 bits per heavy atom. The van der Waals surface area contributed by atoms with Gasteiger partial charge in [-0.3, -0.25) is 4.79 Å². The van der Waals surface area contributed by atoms with Gasteiger partial charge in [0, 0.05) is 25.2 Å². The number of hydrogen-bond donors (Lipinski definition) is 1. The summed E-state index contributed by atoms with van der Waals surface area (Å²) < 4.78 is 0. The molecule has 0 aromatic rings. The van der Waals surface area contributed by atoms with Crippen molar-refractivity contribution >= 4 is 5.91 Å². The number of nitrogens with zero attached hydrogens (tertiary/aromatic N) is 1. The molecular weight excluding hydrogens is 176 g/mol. The van der Waals surface area contributed by atoms with E-state index in [0.29, 0.717) is 6.54 Å². The zero-order chi connectivity index (χ0) is 11.0. The molecule has 0 rings (SSSR count). The van der Waals surface area contributed by atoms with Gasteiger partial charge in [0.2, 0.25) is 5.91 Å². The van der Waals surface area contributed by atoms with Crippen LogP contribution in [0.2, 0.25) is 0 Å². The fourth-order valence-electron chi connectivity index (χ4n) is 1.37. The molecule has 0 saturated heterocycles. The Morgan fingerprint density at radius 3 is 2.14 bits per heavy atom. The van der Waals surface area contributed by atoms with Crippen molar-refractivity contribution in [2.75, 3.05) is 19.6 Å². The molecule has 0 fully saturated rings. The number of hydrogen-bond acceptors (Lipinski definition) is 2. The van der Waals surface area contributed by atoms with Crippen LogP contribution in [0.1, 0.15) is 33.6 Å². The quantitative estimate of drug-likeness (QED) is 0.658. The minimum Gasteiger partial charge on any atom is -0.339 e. The maximum atomic E-state index is 11.8. The van der Waals surface area contributed by atoms with Crippen LogP contribution >= 0.6 is 0 Å². The molecule has 0 bridgehead atoms. The Balaban J connectivity index is 4.34. The summed E-state index contributed by atoms with van der Waals surface area (Å²) in [4.78, 5) is 13.7. The minimum atomic E-state index is 0.124. The van der Waals surface area contributed by atoms with Gasteiger partial charge in [-0.15, -0.1) is 0 Å². The van der Waals surface area contributed by atoms with Gasteiger partial charge < -0.3 is 10.6 Å². The Morgan fingerprint density at radius 2 is 1.79 bits per heavy atom. The second-order valence-electron chi connectivity index (χ2n) is 3.42. The van der Waals surface area contributed by atoms with E-state index >= 15 is 0 Å². The zero-order valence-corrected chi connectivity index (χ0v) is 9.55. The van der Waals surface area contributed by atoms with E-state index in [1.807, 2.05) is 11.8 Å². The lowest BCUT2D eigenvalue weighted by atomic mass is 10.2. The first-order chi connectivity index (χ1) is 6.67. The van der Waals surface area contributed by atoms with E-state index in [1.165, 1.54) is 0 Å². The van der Waals surface area contributed by atoms with E-state index < -0.39 is 0 Å². The van der Waals surface area contributed by atoms with E-state index in [4.69, 9.17) is 5.73 Å². The molecule has 14 heavy (non-hydrogen) atoms. The molecule has 3 nitrogen and oxygen atoms in total. The fraction of sp³-hybridized carbons (Fsp3) is 0.727. The second-order valence-corrected chi connectivity index (χ2v) is 3.42. The predicted molar refractivity (Wildman–Crippen MR) is 60.0 cm³/mol. The first-order valence-corrected chi connectivity index (χ1v) is 5.33. The monoisotopic (exact) mass is 198 g/mol. The molecule has 0 atom stereocenters. The molecule has 0 aromatic carbocycles. The van der Waals surface area contributed by atoms with Crippen LogP contribution in [0, 0.1) is 0 Å². The summed E-state index contributed by atoms with van der Waals surface area (Å²) in [5, 5.41) is 0. The highest BCUT2D eigenvalue weighted by Crippen LogP contribution is 2.03. The van der Waals surface area contributed by atoms with Crippen LogP contribution in [-0.2, 0) is 4.79 Å². The third kappa shape index (κ3) is 4.42. The third-order valence-corrected chi connectivity index (χ3v) is 2.04. The highest BCUT2D eigenvalue weighted by atomic mass is 16.2. The maximum absolute atomic E-state index is 11.8. The first-order valence-electron chi connectivity index (χ1n) is 5.33. The number of nitrogens with two attached hydrogens (primary N) is 1. The third-order valence-electron chi connectivity index (χ3n) is 2.04. The van der Waals surface area contributed by atoms with Crippen molar-refractivity contribution in [1.29, 1.82) is 0 Å². The van der Waals surface area contributed by atoms with Gasteiger partial charge in [-0.25, -0.2) is 0 Å². The molecule has 0 unspecified atom stereocenters. The van der Waals surface area contributed by atoms with Gasteiger partial charge in [0.15, 0.2) is 0 Å². The van der Waals surface area contributed by atoms with Gasteiger partial charge in [-0.2, -0.15) is 0 Å². The summed E-state index contributed by atoms with van der Waals surface area (Å²) in [5.74, 6) is 0.124. The topological polar surface area (TPSA) is 46.3 Å². The van der Waals surface area contributed by atoms with Crippen LogP contribution in [-0.4, -0.2) is 30.4 Å². The summed E-state index contributed by atoms with van der Waals surface area (Å²) in [6.45, 7) is 8.10. The zero-order valence-electron chi connectivity index (χ0n) is 9.55. The van der Waals surface area contributed by atoms with E-state index in [9.17, 15) is 4.79 Å². The van der Waals surface area contributed by atoms with Gasteiger partial charge >= 0.3 is 0 Å². The lowest BCUT2D eigenvalue weighted by Gasteiger charge is -2.21. The van der Waals surface area contributed by atoms with Crippen molar-refractivity contribution in [2.45, 2.75) is 33.6 Å². The molecule has 0 saturated carbocycles. The number of carbonyl (C=O) groups is 1. The average Bonchev–Trinajstić information content (AvgIpc) is 2.17. The first kappa shape index (κ1) is 13.2. The van der Waals surface area contributed by atoms with E-state index in [1.54, 1.807) is 6.08 Å². The summed E-state index contributed by atoms with van der Waals surface area (Å²) in [6, 6.07) is 0. The van der Waals surface area contributed by atoms with Gasteiger partial charge in [-0.1, -0.05) is 19.9 Å². The largest absolute Gasteiger partial charge is 0.339 e. The molecule has 2 N–H and O–H groups in total. The van der Waals surface area contributed by atoms with Crippen molar-refractivity contribution in [3.05, 3.63) is 11.6 Å². The molecular formula is C11H22N2O. The Labute approximate surface area is 87.0 Å². The van der Waals surface area contributed by atoms with Gasteiger partial charge in [-0.05, 0) is 19.8 Å². The van der Waals surface area contributed by atoms with Crippen molar-refractivity contribution in [2.24, 2.45) is 5.73 Å². The van der Waals surface area contributed by atoms with Crippen molar-refractivity contribution < 1.29 is 4.79 Å². The molecule has 0 heterocycles. The molecule has 0 spiro atoms. The van der Waals surface area contributed by atoms with Crippen LogP contribution in [0.4, 0.5) is 0 Å². The molecule has 0 radical (unpaired) electrons. The van der Waals surface area contributed by atoms with Crippen molar-refractivity contribution in [3.63, 3.8) is 0 Å². The average molecular weight is 198 g/mol. The second kappa shape index (κ2) is 7.56. The number of amides is 1. The van der Waals surface area contributed by atoms with E-state index in [2.05, 4.69) is 13.8 Å². The van der Waals surface area contributed by atoms with Gasteiger partial charge in [0.05, 0.1) is 0 Å². The molecule has 0 aromatic heterocycles. The smallest absolute Gasteiger partial charge is 0.249 e. The van der Waals surface area contributed by atoms with E-state index in [0.717, 1.165) is 31.5 Å². The van der Waals surface area contributed by atoms with Crippen LogP contribution in [0.3, 0.4) is 0 Å². The Hall–Kier alpha value is -0.830. The minimum absolute atomic E-state index is 0.124. The maximum Gasteiger partial charge on any atom is 0.249 e. The molecule has 0 aliphatic carbocycles. The summed E-state index contributed by atoms with van der Waals surface area (Å²) in [5.41, 5.74) is 6.13. The fourth-order valence-corrected chi connectivity index (χ4v) is 1.37. The molecule has 82 valence electrons. The number of rotatable bonds is 6. The van der Waals surface area contributed by atoms with Gasteiger partial charge in [0.1, 0.15) is 0 Å². The van der Waals surface area contributed by atoms with E-state index in [-0.39, 0.29) is 5.91 Å². The Bertz CT molecular complexity index is 193. The SMILES string of the molecule is CCCN(CCC)C(=O)C(C)=CCN. The highest BCUT2D eigenvalue weighted by molar-refractivity contribution is 5.92.